The molecule has 2 rings (SSSR count). The van der Waals surface area contributed by atoms with Gasteiger partial charge in [0.05, 0.1) is 0 Å². The van der Waals surface area contributed by atoms with Gasteiger partial charge < -0.3 is 4.57 Å². The maximum atomic E-state index is 11.2. The predicted molar refractivity (Wildman–Crippen MR) is 66.7 cm³/mol. The largest absolute Gasteiger partial charge is 0.344 e. The van der Waals surface area contributed by atoms with Crippen LogP contribution in [0.25, 0.3) is 10.9 Å². The molecule has 84 valence electrons. The number of carbonyl (C=O) groups is 1. The Labute approximate surface area is 95.9 Å². The zero-order valence-electron chi connectivity index (χ0n) is 10.1. The molecule has 0 bridgehead atoms. The van der Waals surface area contributed by atoms with E-state index in [9.17, 15) is 4.79 Å². The number of hydrogen-bond acceptors (Lipinski definition) is 1. The van der Waals surface area contributed by atoms with E-state index in [1.807, 2.05) is 0 Å². The molecule has 0 spiro atoms. The molecule has 16 heavy (non-hydrogen) atoms. The van der Waals surface area contributed by atoms with E-state index in [-0.39, 0.29) is 5.78 Å². The summed E-state index contributed by atoms with van der Waals surface area (Å²) in [5, 5.41) is 1.23. The number of aryl methyl sites for hydroxylation is 2. The summed E-state index contributed by atoms with van der Waals surface area (Å²) in [6.45, 7) is 6.76. The Balaban J connectivity index is 2.62. The summed E-state index contributed by atoms with van der Waals surface area (Å²) in [5.74, 6) is 0.217. The zero-order chi connectivity index (χ0) is 11.7. The highest BCUT2D eigenvalue weighted by Gasteiger charge is 2.08. The summed E-state index contributed by atoms with van der Waals surface area (Å²) in [6.07, 6.45) is 0.529. The maximum absolute atomic E-state index is 11.2. The number of ketones is 1. The van der Waals surface area contributed by atoms with Crippen LogP contribution in [0.1, 0.15) is 25.1 Å². The van der Waals surface area contributed by atoms with Gasteiger partial charge in [-0.05, 0) is 43.9 Å². The van der Waals surface area contributed by atoms with Crippen LogP contribution in [0.5, 0.6) is 0 Å². The number of carbonyl (C=O) groups excluding carboxylic acids is 1. The fourth-order valence-electron chi connectivity index (χ4n) is 2.20. The lowest BCUT2D eigenvalue weighted by molar-refractivity contribution is -0.116. The number of nitrogens with zero attached hydrogens (tertiary/aromatic N) is 1. The molecule has 2 heteroatoms. The van der Waals surface area contributed by atoms with Crippen LogP contribution in [0.3, 0.4) is 0 Å². The molecule has 1 aromatic carbocycles. The summed E-state index contributed by atoms with van der Waals surface area (Å²) in [5.41, 5.74) is 3.61. The predicted octanol–water partition coefficient (Wildman–Crippen LogP) is 3.10. The van der Waals surface area contributed by atoms with E-state index in [0.717, 1.165) is 12.2 Å². The van der Waals surface area contributed by atoms with E-state index in [2.05, 4.69) is 42.7 Å². The van der Waals surface area contributed by atoms with Gasteiger partial charge in [0.15, 0.2) is 0 Å². The van der Waals surface area contributed by atoms with Crippen molar-refractivity contribution in [1.29, 1.82) is 0 Å². The van der Waals surface area contributed by atoms with E-state index in [1.165, 1.54) is 16.5 Å². The first-order valence-electron chi connectivity index (χ1n) is 5.70. The molecule has 2 aromatic rings. The van der Waals surface area contributed by atoms with Crippen molar-refractivity contribution in [2.45, 2.75) is 33.7 Å². The van der Waals surface area contributed by atoms with Gasteiger partial charge in [0.1, 0.15) is 5.78 Å². The molecule has 2 nitrogen and oxygen atoms in total. The molecule has 0 atom stereocenters. The van der Waals surface area contributed by atoms with Crippen molar-refractivity contribution in [2.24, 2.45) is 0 Å². The standard InChI is InChI=1S/C14H17NO/c1-4-15-13(8-11(3)16)9-12-6-5-10(2)7-14(12)15/h5-7,9H,4,8H2,1-3H3. The number of hydrogen-bond donors (Lipinski definition) is 0. The minimum atomic E-state index is 0.217. The summed E-state index contributed by atoms with van der Waals surface area (Å²) in [6, 6.07) is 8.54. The number of Topliss-reactive ketones (excluding diaryl/α,β-unsaturated/α-hetero) is 1. The van der Waals surface area contributed by atoms with Crippen LogP contribution in [-0.2, 0) is 17.8 Å². The van der Waals surface area contributed by atoms with Gasteiger partial charge in [-0.1, -0.05) is 12.1 Å². The van der Waals surface area contributed by atoms with E-state index in [0.29, 0.717) is 6.42 Å². The SMILES string of the molecule is CCn1c(CC(C)=O)cc2ccc(C)cc21. The molecular formula is C14H17NO. The minimum Gasteiger partial charge on any atom is -0.344 e. The van der Waals surface area contributed by atoms with E-state index < -0.39 is 0 Å². The molecule has 0 radical (unpaired) electrons. The van der Waals surface area contributed by atoms with Gasteiger partial charge in [0.25, 0.3) is 0 Å². The van der Waals surface area contributed by atoms with Crippen molar-refractivity contribution in [3.63, 3.8) is 0 Å². The van der Waals surface area contributed by atoms with Crippen molar-refractivity contribution >= 4 is 16.7 Å². The molecule has 0 saturated carbocycles. The summed E-state index contributed by atoms with van der Waals surface area (Å²) in [4.78, 5) is 11.2. The van der Waals surface area contributed by atoms with Gasteiger partial charge in [0, 0.05) is 24.2 Å². The van der Waals surface area contributed by atoms with Gasteiger partial charge >= 0.3 is 0 Å². The first kappa shape index (κ1) is 10.9. The Kier molecular flexibility index (Phi) is 2.82. The van der Waals surface area contributed by atoms with Crippen molar-refractivity contribution in [1.82, 2.24) is 4.57 Å². The second-order valence-corrected chi connectivity index (χ2v) is 4.32. The zero-order valence-corrected chi connectivity index (χ0v) is 10.1. The Hall–Kier alpha value is -1.57. The second kappa shape index (κ2) is 4.12. The lowest BCUT2D eigenvalue weighted by Crippen LogP contribution is -2.05. The quantitative estimate of drug-likeness (QED) is 0.771. The van der Waals surface area contributed by atoms with Crippen molar-refractivity contribution in [3.05, 3.63) is 35.5 Å². The normalized spacial score (nSPS) is 10.9. The lowest BCUT2D eigenvalue weighted by atomic mass is 10.2. The average molecular weight is 215 g/mol. The van der Waals surface area contributed by atoms with Crippen LogP contribution in [0.4, 0.5) is 0 Å². The first-order valence-corrected chi connectivity index (χ1v) is 5.70. The topological polar surface area (TPSA) is 22.0 Å². The van der Waals surface area contributed by atoms with Gasteiger partial charge in [-0.15, -0.1) is 0 Å². The molecule has 0 fully saturated rings. The molecule has 0 aliphatic heterocycles. The van der Waals surface area contributed by atoms with Crippen LogP contribution in [-0.4, -0.2) is 10.4 Å². The molecule has 0 aliphatic carbocycles. The molecular weight excluding hydrogens is 198 g/mol. The summed E-state index contributed by atoms with van der Waals surface area (Å²) in [7, 11) is 0. The van der Waals surface area contributed by atoms with Gasteiger partial charge in [0.2, 0.25) is 0 Å². The molecule has 0 amide bonds. The third-order valence-corrected chi connectivity index (χ3v) is 2.89. The molecule has 1 heterocycles. The highest BCUT2D eigenvalue weighted by molar-refractivity contribution is 5.85. The molecule has 0 N–H and O–H groups in total. The van der Waals surface area contributed by atoms with Crippen LogP contribution < -0.4 is 0 Å². The summed E-state index contributed by atoms with van der Waals surface area (Å²) < 4.78 is 2.23. The van der Waals surface area contributed by atoms with Crippen LogP contribution in [0, 0.1) is 6.92 Å². The maximum Gasteiger partial charge on any atom is 0.135 e. The van der Waals surface area contributed by atoms with Crippen LogP contribution >= 0.6 is 0 Å². The molecule has 0 aliphatic rings. The molecule has 0 unspecified atom stereocenters. The van der Waals surface area contributed by atoms with E-state index in [1.54, 1.807) is 6.92 Å². The monoisotopic (exact) mass is 215 g/mol. The highest BCUT2D eigenvalue weighted by Crippen LogP contribution is 2.21. The Morgan fingerprint density at radius 2 is 2.06 bits per heavy atom. The average Bonchev–Trinajstić information content (AvgIpc) is 2.53. The number of benzene rings is 1. The van der Waals surface area contributed by atoms with Crippen molar-refractivity contribution in [3.8, 4) is 0 Å². The fraction of sp³-hybridized carbons (Fsp3) is 0.357. The highest BCUT2D eigenvalue weighted by atomic mass is 16.1. The van der Waals surface area contributed by atoms with Crippen molar-refractivity contribution < 1.29 is 4.79 Å². The third-order valence-electron chi connectivity index (χ3n) is 2.89. The third kappa shape index (κ3) is 1.87. The second-order valence-electron chi connectivity index (χ2n) is 4.32. The van der Waals surface area contributed by atoms with Crippen LogP contribution in [0.2, 0.25) is 0 Å². The first-order chi connectivity index (χ1) is 7.61. The Morgan fingerprint density at radius 1 is 1.31 bits per heavy atom. The van der Waals surface area contributed by atoms with Crippen molar-refractivity contribution in [2.75, 3.05) is 0 Å². The molecule has 1 aromatic heterocycles. The number of fused-ring (bicyclic) bond motifs is 1. The van der Waals surface area contributed by atoms with E-state index >= 15 is 0 Å². The minimum absolute atomic E-state index is 0.217. The summed E-state index contributed by atoms with van der Waals surface area (Å²) >= 11 is 0. The lowest BCUT2D eigenvalue weighted by Gasteiger charge is -2.06. The fourth-order valence-corrected chi connectivity index (χ4v) is 2.20. The number of aromatic nitrogens is 1. The van der Waals surface area contributed by atoms with Gasteiger partial charge in [-0.2, -0.15) is 0 Å². The Morgan fingerprint density at radius 3 is 2.69 bits per heavy atom. The molecule has 0 saturated heterocycles. The number of rotatable bonds is 3. The van der Waals surface area contributed by atoms with E-state index in [4.69, 9.17) is 0 Å². The van der Waals surface area contributed by atoms with Gasteiger partial charge in [-0.25, -0.2) is 0 Å². The smallest absolute Gasteiger partial charge is 0.135 e. The van der Waals surface area contributed by atoms with Gasteiger partial charge in [-0.3, -0.25) is 4.79 Å². The Bertz CT molecular complexity index is 537. The van der Waals surface area contributed by atoms with Crippen LogP contribution in [0.15, 0.2) is 24.3 Å².